The fourth-order valence-corrected chi connectivity index (χ4v) is 3.13. The van der Waals surface area contributed by atoms with E-state index in [0.29, 0.717) is 53.4 Å². The number of carbonyl (C=O) groups excluding carboxylic acids is 1. The zero-order valence-corrected chi connectivity index (χ0v) is 19.7. The molecule has 3 rings (SSSR count). The van der Waals surface area contributed by atoms with Crippen molar-refractivity contribution >= 4 is 23.6 Å². The first-order valence-corrected chi connectivity index (χ1v) is 11.1. The van der Waals surface area contributed by atoms with Gasteiger partial charge in [0, 0.05) is 5.02 Å². The Kier molecular flexibility index (Phi) is 9.01. The molecule has 0 aliphatic heterocycles. The summed E-state index contributed by atoms with van der Waals surface area (Å²) in [6, 6.07) is 16.1. The van der Waals surface area contributed by atoms with Gasteiger partial charge < -0.3 is 23.9 Å². The number of halogens is 1. The number of nitrogens with one attached hydrogen (secondary N) is 1. The molecule has 0 aliphatic carbocycles. The first-order valence-electron chi connectivity index (χ1n) is 10.7. The van der Waals surface area contributed by atoms with E-state index in [1.165, 1.54) is 12.3 Å². The second kappa shape index (κ2) is 12.4. The summed E-state index contributed by atoms with van der Waals surface area (Å²) in [5.74, 6) is 1.86. The molecule has 0 fully saturated rings. The van der Waals surface area contributed by atoms with E-state index in [-0.39, 0.29) is 12.1 Å². The lowest BCUT2D eigenvalue weighted by Gasteiger charge is -2.13. The lowest BCUT2D eigenvalue weighted by molar-refractivity contribution is -0.117. The molecule has 0 spiro atoms. The molecule has 0 bridgehead atoms. The standard InChI is InChI=1S/C26H25ClN2O5/c1-3-31-25-15-19(14-20(16-28)26(30)29-17-22-5-4-10-32-22)6-9-24(25)34-12-11-33-21-7-8-23(27)18(2)13-21/h4-10,13-15H,3,11-12,17H2,1-2H3,(H,29,30)/b20-14+. The van der Waals surface area contributed by atoms with E-state index >= 15 is 0 Å². The molecule has 1 heterocycles. The highest BCUT2D eigenvalue weighted by Gasteiger charge is 2.12. The topological polar surface area (TPSA) is 93.7 Å². The highest BCUT2D eigenvalue weighted by Crippen LogP contribution is 2.29. The summed E-state index contributed by atoms with van der Waals surface area (Å²) in [7, 11) is 0. The SMILES string of the molecule is CCOc1cc(/C=C(\C#N)C(=O)NCc2ccco2)ccc1OCCOc1ccc(Cl)c(C)c1. The van der Waals surface area contributed by atoms with E-state index in [4.69, 9.17) is 30.2 Å². The molecular formula is C26H25ClN2O5. The van der Waals surface area contributed by atoms with Crippen molar-refractivity contribution in [3.05, 3.63) is 82.3 Å². The van der Waals surface area contributed by atoms with Crippen LogP contribution in [0.5, 0.6) is 17.2 Å². The molecule has 1 amide bonds. The van der Waals surface area contributed by atoms with Gasteiger partial charge in [-0.05, 0) is 73.5 Å². The Balaban J connectivity index is 1.62. The second-order valence-electron chi connectivity index (χ2n) is 7.18. The van der Waals surface area contributed by atoms with Crippen molar-refractivity contribution in [3.63, 3.8) is 0 Å². The smallest absolute Gasteiger partial charge is 0.262 e. The van der Waals surface area contributed by atoms with Crippen molar-refractivity contribution in [2.75, 3.05) is 19.8 Å². The van der Waals surface area contributed by atoms with E-state index in [2.05, 4.69) is 5.32 Å². The maximum Gasteiger partial charge on any atom is 0.262 e. The first kappa shape index (κ1) is 24.7. The van der Waals surface area contributed by atoms with Gasteiger partial charge in [0.1, 0.15) is 36.4 Å². The Labute approximate surface area is 203 Å². The molecule has 8 heteroatoms. The van der Waals surface area contributed by atoms with Gasteiger partial charge in [-0.3, -0.25) is 4.79 Å². The van der Waals surface area contributed by atoms with Gasteiger partial charge in [0.05, 0.1) is 19.4 Å². The average Bonchev–Trinajstić information content (AvgIpc) is 3.36. The molecule has 0 aliphatic rings. The highest BCUT2D eigenvalue weighted by atomic mass is 35.5. The van der Waals surface area contributed by atoms with Crippen LogP contribution in [0.3, 0.4) is 0 Å². The van der Waals surface area contributed by atoms with Crippen LogP contribution >= 0.6 is 11.6 Å². The zero-order valence-electron chi connectivity index (χ0n) is 19.0. The van der Waals surface area contributed by atoms with E-state index < -0.39 is 5.91 Å². The number of nitrogens with zero attached hydrogens (tertiary/aromatic N) is 1. The van der Waals surface area contributed by atoms with Crippen molar-refractivity contribution < 1.29 is 23.4 Å². The summed E-state index contributed by atoms with van der Waals surface area (Å²) in [6.45, 7) is 5.04. The van der Waals surface area contributed by atoms with Crippen LogP contribution in [0.1, 0.15) is 23.8 Å². The number of ether oxygens (including phenoxy) is 3. The van der Waals surface area contributed by atoms with Gasteiger partial charge >= 0.3 is 0 Å². The Morgan fingerprint density at radius 1 is 1.12 bits per heavy atom. The summed E-state index contributed by atoms with van der Waals surface area (Å²) in [5, 5.41) is 12.8. The lowest BCUT2D eigenvalue weighted by Crippen LogP contribution is -2.23. The monoisotopic (exact) mass is 480 g/mol. The number of furan rings is 1. The van der Waals surface area contributed by atoms with Gasteiger partial charge in [0.25, 0.3) is 5.91 Å². The lowest BCUT2D eigenvalue weighted by atomic mass is 10.1. The minimum absolute atomic E-state index is 0.0330. The summed E-state index contributed by atoms with van der Waals surface area (Å²) in [4.78, 5) is 12.4. The number of hydrogen-bond donors (Lipinski definition) is 1. The van der Waals surface area contributed by atoms with Crippen molar-refractivity contribution in [1.82, 2.24) is 5.32 Å². The van der Waals surface area contributed by atoms with E-state index in [1.54, 1.807) is 42.5 Å². The third-order valence-corrected chi connectivity index (χ3v) is 5.11. The van der Waals surface area contributed by atoms with Gasteiger partial charge in [-0.15, -0.1) is 0 Å². The normalized spacial score (nSPS) is 10.9. The number of nitriles is 1. The van der Waals surface area contributed by atoms with Crippen LogP contribution in [0, 0.1) is 18.3 Å². The molecule has 1 aromatic heterocycles. The fourth-order valence-electron chi connectivity index (χ4n) is 3.01. The quantitative estimate of drug-likeness (QED) is 0.227. The van der Waals surface area contributed by atoms with E-state index in [1.807, 2.05) is 26.0 Å². The number of rotatable bonds is 11. The predicted octanol–water partition coefficient (Wildman–Crippen LogP) is 5.32. The first-order chi connectivity index (χ1) is 16.5. The largest absolute Gasteiger partial charge is 0.490 e. The number of aryl methyl sites for hydroxylation is 1. The second-order valence-corrected chi connectivity index (χ2v) is 7.59. The number of hydrogen-bond acceptors (Lipinski definition) is 6. The van der Waals surface area contributed by atoms with Crippen LogP contribution in [-0.4, -0.2) is 25.7 Å². The molecule has 0 atom stereocenters. The predicted molar refractivity (Wildman–Crippen MR) is 129 cm³/mol. The Morgan fingerprint density at radius 2 is 1.94 bits per heavy atom. The Morgan fingerprint density at radius 3 is 2.65 bits per heavy atom. The molecule has 3 aromatic rings. The van der Waals surface area contributed by atoms with Gasteiger partial charge in [-0.2, -0.15) is 5.26 Å². The van der Waals surface area contributed by atoms with Crippen molar-refractivity contribution in [1.29, 1.82) is 5.26 Å². The zero-order chi connectivity index (χ0) is 24.3. The third-order valence-electron chi connectivity index (χ3n) is 4.69. The van der Waals surface area contributed by atoms with Crippen molar-refractivity contribution in [3.8, 4) is 23.3 Å². The van der Waals surface area contributed by atoms with Crippen LogP contribution in [0.2, 0.25) is 5.02 Å². The van der Waals surface area contributed by atoms with Crippen LogP contribution in [0.4, 0.5) is 0 Å². The summed E-state index contributed by atoms with van der Waals surface area (Å²) in [6.07, 6.45) is 3.02. The van der Waals surface area contributed by atoms with Crippen molar-refractivity contribution in [2.45, 2.75) is 20.4 Å². The van der Waals surface area contributed by atoms with Crippen LogP contribution in [-0.2, 0) is 11.3 Å². The highest BCUT2D eigenvalue weighted by molar-refractivity contribution is 6.31. The molecular weight excluding hydrogens is 456 g/mol. The molecule has 1 N–H and O–H groups in total. The molecule has 34 heavy (non-hydrogen) atoms. The summed E-state index contributed by atoms with van der Waals surface area (Å²) < 4.78 is 22.4. The van der Waals surface area contributed by atoms with Gasteiger partial charge in [-0.25, -0.2) is 0 Å². The minimum atomic E-state index is -0.494. The van der Waals surface area contributed by atoms with E-state index in [9.17, 15) is 10.1 Å². The molecule has 176 valence electrons. The van der Waals surface area contributed by atoms with Crippen LogP contribution in [0.25, 0.3) is 6.08 Å². The van der Waals surface area contributed by atoms with Gasteiger partial charge in [-0.1, -0.05) is 17.7 Å². The number of amides is 1. The van der Waals surface area contributed by atoms with E-state index in [0.717, 1.165) is 5.56 Å². The van der Waals surface area contributed by atoms with Gasteiger partial charge in [0.15, 0.2) is 11.5 Å². The summed E-state index contributed by atoms with van der Waals surface area (Å²) in [5.41, 5.74) is 1.54. The molecule has 7 nitrogen and oxygen atoms in total. The maximum atomic E-state index is 12.4. The molecule has 0 saturated carbocycles. The summed E-state index contributed by atoms with van der Waals surface area (Å²) >= 11 is 6.03. The minimum Gasteiger partial charge on any atom is -0.490 e. The third kappa shape index (κ3) is 7.06. The Hall–Kier alpha value is -3.89. The molecule has 0 unspecified atom stereocenters. The molecule has 0 saturated heterocycles. The maximum absolute atomic E-state index is 12.4. The van der Waals surface area contributed by atoms with Crippen molar-refractivity contribution in [2.24, 2.45) is 0 Å². The average molecular weight is 481 g/mol. The Bertz CT molecular complexity index is 1180. The number of carbonyl (C=O) groups is 1. The molecule has 0 radical (unpaired) electrons. The molecule has 2 aromatic carbocycles. The van der Waals surface area contributed by atoms with Crippen LogP contribution in [0.15, 0.2) is 64.8 Å². The fraction of sp³-hybridized carbons (Fsp3) is 0.231. The van der Waals surface area contributed by atoms with Gasteiger partial charge in [0.2, 0.25) is 0 Å². The van der Waals surface area contributed by atoms with Crippen LogP contribution < -0.4 is 19.5 Å². The number of benzene rings is 2.